The number of ether oxygens (including phenoxy) is 1. The van der Waals surface area contributed by atoms with Crippen molar-refractivity contribution in [3.8, 4) is 0 Å². The summed E-state index contributed by atoms with van der Waals surface area (Å²) < 4.78 is 10.3. The summed E-state index contributed by atoms with van der Waals surface area (Å²) in [6.07, 6.45) is 3.12. The standard InChI is InChI=1S/C45H40N8O7S4/c1-44(2,3)59-42(58)37(27-14-13-21-46-22-27)60-51-34(38(54)49-35-39(55)53-36(41(56)57)28(25-62-40(35)53)24-61-33-23-47-52-64-33)32-26-63-43(48-32)50-45(29-15-7-4-8-16-29,30-17-9-5-10-18-30)31-19-11-6-12-20-31/h4-23,26,35,37,40H,24-25H2,1-3H3,(H,48,50)(H,49,54)(H,56,57)/b51-34-/t35-,37-,40+/m1/s1. The third-order valence-electron chi connectivity index (χ3n) is 10.0. The molecular weight excluding hydrogens is 893 g/mol. The Morgan fingerprint density at radius 2 is 1.59 bits per heavy atom. The van der Waals surface area contributed by atoms with E-state index in [9.17, 15) is 24.3 Å². The molecule has 3 atom stereocenters. The molecule has 64 heavy (non-hydrogen) atoms. The summed E-state index contributed by atoms with van der Waals surface area (Å²) in [6, 6.07) is 31.9. The van der Waals surface area contributed by atoms with Crippen molar-refractivity contribution in [3.05, 3.63) is 166 Å². The van der Waals surface area contributed by atoms with Crippen LogP contribution in [-0.4, -0.2) is 87.5 Å². The number of carboxylic acid groups (broad SMARTS) is 1. The van der Waals surface area contributed by atoms with Gasteiger partial charge in [0.2, 0.25) is 6.10 Å². The fourth-order valence-corrected chi connectivity index (χ4v) is 10.9. The van der Waals surface area contributed by atoms with Gasteiger partial charge in [-0.05, 0) is 60.6 Å². The molecule has 0 bridgehead atoms. The van der Waals surface area contributed by atoms with Gasteiger partial charge in [0.25, 0.3) is 11.8 Å². The van der Waals surface area contributed by atoms with E-state index in [2.05, 4.69) is 30.4 Å². The molecule has 0 spiro atoms. The van der Waals surface area contributed by atoms with Crippen LogP contribution in [0.15, 0.2) is 148 Å². The number of aromatic nitrogens is 4. The Labute approximate surface area is 384 Å². The van der Waals surface area contributed by atoms with E-state index in [4.69, 9.17) is 14.6 Å². The molecular formula is C45H40N8O7S4. The van der Waals surface area contributed by atoms with E-state index in [1.54, 1.807) is 44.5 Å². The van der Waals surface area contributed by atoms with Crippen LogP contribution in [0.25, 0.3) is 0 Å². The van der Waals surface area contributed by atoms with Gasteiger partial charge in [-0.15, -0.1) is 40.0 Å². The average molecular weight is 933 g/mol. The summed E-state index contributed by atoms with van der Waals surface area (Å²) in [7, 11) is 0. The van der Waals surface area contributed by atoms with Crippen molar-refractivity contribution in [1.29, 1.82) is 0 Å². The summed E-state index contributed by atoms with van der Waals surface area (Å²) in [5.41, 5.74) is 1.40. The first-order valence-electron chi connectivity index (χ1n) is 19.8. The largest absolute Gasteiger partial charge is 0.477 e. The predicted molar refractivity (Wildman–Crippen MR) is 246 cm³/mol. The molecule has 19 heteroatoms. The zero-order chi connectivity index (χ0) is 44.8. The molecule has 0 aliphatic carbocycles. The number of esters is 1. The molecule has 8 rings (SSSR count). The summed E-state index contributed by atoms with van der Waals surface area (Å²) in [4.78, 5) is 70.8. The number of thioether (sulfide) groups is 2. The molecule has 15 nitrogen and oxygen atoms in total. The second-order valence-electron chi connectivity index (χ2n) is 15.4. The molecule has 0 saturated carbocycles. The maximum Gasteiger partial charge on any atom is 0.355 e. The van der Waals surface area contributed by atoms with Crippen molar-refractivity contribution < 1.29 is 33.9 Å². The smallest absolute Gasteiger partial charge is 0.355 e. The Hall–Kier alpha value is -6.41. The number of rotatable bonds is 16. The lowest BCUT2D eigenvalue weighted by molar-refractivity contribution is -0.169. The lowest BCUT2D eigenvalue weighted by atomic mass is 9.77. The fourth-order valence-electron chi connectivity index (χ4n) is 7.20. The van der Waals surface area contributed by atoms with Gasteiger partial charge < -0.3 is 25.3 Å². The van der Waals surface area contributed by atoms with Gasteiger partial charge in [0.1, 0.15) is 38.2 Å². The molecule has 3 aromatic heterocycles. The third kappa shape index (κ3) is 9.42. The van der Waals surface area contributed by atoms with E-state index in [1.165, 1.54) is 63.7 Å². The highest BCUT2D eigenvalue weighted by molar-refractivity contribution is 8.01. The number of carbonyl (C=O) groups is 4. The highest BCUT2D eigenvalue weighted by atomic mass is 32.2. The number of carboxylic acids is 1. The number of β-lactam (4-membered cyclic amide) rings is 1. The number of benzene rings is 3. The quantitative estimate of drug-likeness (QED) is 0.0221. The van der Waals surface area contributed by atoms with Gasteiger partial charge >= 0.3 is 11.9 Å². The summed E-state index contributed by atoms with van der Waals surface area (Å²) >= 11 is 5.12. The Kier molecular flexibility index (Phi) is 13.2. The average Bonchev–Trinajstić information content (AvgIpc) is 4.01. The molecule has 6 aromatic rings. The zero-order valence-corrected chi connectivity index (χ0v) is 37.7. The highest BCUT2D eigenvalue weighted by Crippen LogP contribution is 2.43. The van der Waals surface area contributed by atoms with Crippen molar-refractivity contribution in [2.24, 2.45) is 5.16 Å². The van der Waals surface area contributed by atoms with E-state index in [0.29, 0.717) is 27.8 Å². The number of oxime groups is 1. The van der Waals surface area contributed by atoms with E-state index >= 15 is 0 Å². The molecule has 3 N–H and O–H groups in total. The van der Waals surface area contributed by atoms with E-state index in [1.807, 2.05) is 91.0 Å². The zero-order valence-electron chi connectivity index (χ0n) is 34.5. The second-order valence-corrected chi connectivity index (χ2v) is 19.4. The topological polar surface area (TPSA) is 198 Å². The SMILES string of the molecule is CC(C)(C)OC(=O)[C@H](O/N=C(\C(=O)N[C@@H]1C(=O)N2C(C(=O)O)=C(CSc3cnns3)CS[C@@H]12)c1csc(NC(c2ccccc2)(c2ccccc2)c2ccccc2)n1)c1cccnc1. The lowest BCUT2D eigenvalue weighted by Gasteiger charge is -2.49. The lowest BCUT2D eigenvalue weighted by Crippen LogP contribution is -2.71. The van der Waals surface area contributed by atoms with Gasteiger partial charge in [-0.25, -0.2) is 14.6 Å². The Bertz CT molecular complexity index is 2580. The van der Waals surface area contributed by atoms with Gasteiger partial charge in [-0.1, -0.05) is 107 Å². The summed E-state index contributed by atoms with van der Waals surface area (Å²) in [5.74, 6) is -2.85. The highest BCUT2D eigenvalue weighted by Gasteiger charge is 2.54. The van der Waals surface area contributed by atoms with Crippen molar-refractivity contribution >= 4 is 81.0 Å². The molecule has 2 aliphatic heterocycles. The molecule has 326 valence electrons. The molecule has 3 aromatic carbocycles. The number of aliphatic carboxylic acids is 1. The van der Waals surface area contributed by atoms with Crippen LogP contribution in [0.1, 0.15) is 54.8 Å². The number of hydrogen-bond acceptors (Lipinski definition) is 16. The van der Waals surface area contributed by atoms with Crippen LogP contribution in [0, 0.1) is 0 Å². The maximum absolute atomic E-state index is 14.6. The first-order valence-corrected chi connectivity index (χ1v) is 23.5. The Morgan fingerprint density at radius 1 is 0.938 bits per heavy atom. The first kappa shape index (κ1) is 44.2. The first-order chi connectivity index (χ1) is 30.9. The molecule has 1 saturated heterocycles. The van der Waals surface area contributed by atoms with Crippen LogP contribution in [-0.2, 0) is 34.3 Å². The number of hydrogen-bond donors (Lipinski definition) is 3. The number of pyridine rings is 1. The van der Waals surface area contributed by atoms with E-state index < -0.39 is 52.4 Å². The summed E-state index contributed by atoms with van der Waals surface area (Å²) in [5, 5.41) is 26.2. The van der Waals surface area contributed by atoms with Crippen molar-refractivity contribution in [1.82, 2.24) is 29.8 Å². The monoisotopic (exact) mass is 932 g/mol. The van der Waals surface area contributed by atoms with Crippen molar-refractivity contribution in [2.45, 2.75) is 53.6 Å². The Balaban J connectivity index is 1.15. The number of anilines is 1. The maximum atomic E-state index is 14.6. The number of amides is 2. The molecule has 1 fully saturated rings. The molecule has 0 radical (unpaired) electrons. The number of fused-ring (bicyclic) bond motifs is 1. The van der Waals surface area contributed by atoms with Crippen LogP contribution in [0.3, 0.4) is 0 Å². The fraction of sp³-hybridized carbons (Fsp3) is 0.222. The van der Waals surface area contributed by atoms with Gasteiger partial charge in [-0.2, -0.15) is 0 Å². The summed E-state index contributed by atoms with van der Waals surface area (Å²) in [6.45, 7) is 5.14. The van der Waals surface area contributed by atoms with Crippen LogP contribution in [0.2, 0.25) is 0 Å². The van der Waals surface area contributed by atoms with Crippen molar-refractivity contribution in [2.75, 3.05) is 16.8 Å². The minimum atomic E-state index is -1.44. The minimum Gasteiger partial charge on any atom is -0.477 e. The number of carbonyl (C=O) groups excluding carboxylic acids is 3. The third-order valence-corrected chi connectivity index (χ3v) is 14.0. The molecule has 0 unspecified atom stereocenters. The normalized spacial score (nSPS) is 16.9. The minimum absolute atomic E-state index is 0.0742. The number of nitrogens with one attached hydrogen (secondary N) is 2. The van der Waals surface area contributed by atoms with E-state index in [0.717, 1.165) is 20.9 Å². The van der Waals surface area contributed by atoms with Crippen LogP contribution >= 0.6 is 46.4 Å². The van der Waals surface area contributed by atoms with Crippen molar-refractivity contribution in [3.63, 3.8) is 0 Å². The van der Waals surface area contributed by atoms with E-state index in [-0.39, 0.29) is 17.1 Å². The number of thiazole rings is 1. The predicted octanol–water partition coefficient (Wildman–Crippen LogP) is 7.13. The van der Waals surface area contributed by atoms with Gasteiger partial charge in [0, 0.05) is 34.8 Å². The van der Waals surface area contributed by atoms with Crippen LogP contribution < -0.4 is 10.6 Å². The van der Waals surface area contributed by atoms with Gasteiger partial charge in [0.15, 0.2) is 10.8 Å². The molecule has 5 heterocycles. The van der Waals surface area contributed by atoms with Crippen LogP contribution in [0.5, 0.6) is 0 Å². The number of nitrogens with zero attached hydrogens (tertiary/aromatic N) is 6. The molecule has 2 amide bonds. The van der Waals surface area contributed by atoms with Gasteiger partial charge in [-0.3, -0.25) is 19.5 Å². The molecule has 2 aliphatic rings. The second kappa shape index (κ2) is 19.1. The Morgan fingerprint density at radius 3 is 2.16 bits per heavy atom. The van der Waals surface area contributed by atoms with Gasteiger partial charge in [0.05, 0.1) is 6.20 Å². The van der Waals surface area contributed by atoms with Crippen LogP contribution in [0.4, 0.5) is 5.13 Å².